The van der Waals surface area contributed by atoms with Crippen LogP contribution in [0, 0.1) is 5.92 Å². The van der Waals surface area contributed by atoms with Gasteiger partial charge < -0.3 is 10.2 Å². The normalized spacial score (nSPS) is 11.5. The molecule has 0 heterocycles. The minimum absolute atomic E-state index is 0.260. The molecular weight excluding hydrogens is 734 g/mol. The average molecular weight is 810 g/mol. The third-order valence-electron chi connectivity index (χ3n) is 7.98. The topological polar surface area (TPSA) is 74.6 Å². The summed E-state index contributed by atoms with van der Waals surface area (Å²) >= 11 is -1.68. The van der Waals surface area contributed by atoms with Crippen LogP contribution in [0.4, 0.5) is 0 Å². The summed E-state index contributed by atoms with van der Waals surface area (Å²) in [5.41, 5.74) is 0. The first-order chi connectivity index (χ1) is 20.3. The Balaban J connectivity index is -0.000000548. The molecule has 1 unspecified atom stereocenters. The van der Waals surface area contributed by atoms with Gasteiger partial charge in [0.1, 0.15) is 0 Å². The third-order valence-corrected chi connectivity index (χ3v) is 26.1. The van der Waals surface area contributed by atoms with Gasteiger partial charge in [0.15, 0.2) is 0 Å². The van der Waals surface area contributed by atoms with Crippen molar-refractivity contribution in [3.05, 3.63) is 0 Å². The van der Waals surface area contributed by atoms with E-state index in [1.54, 1.807) is 26.6 Å². The standard InChI is InChI=1S/C12H22O4.6C4H9.2Sn/c1-2-3-4-5-6-7-8-10(12(15)16)9-11(13)14;6*1-3-4-2;;/h10H,2-9H2,1H3,(H,13,14)(H,15,16);6*1,3-4H2,2H3;;. The summed E-state index contributed by atoms with van der Waals surface area (Å²) in [6, 6.07) is 0. The van der Waals surface area contributed by atoms with Crippen LogP contribution in [0.2, 0.25) is 26.6 Å². The van der Waals surface area contributed by atoms with Gasteiger partial charge in [-0.2, -0.15) is 0 Å². The zero-order valence-corrected chi connectivity index (χ0v) is 35.4. The molecule has 4 nitrogen and oxygen atoms in total. The Kier molecular flexibility index (Phi) is 44.2. The number of aliphatic carboxylic acids is 2. The summed E-state index contributed by atoms with van der Waals surface area (Å²) in [6.45, 7) is 16.1. The fourth-order valence-corrected chi connectivity index (χ4v) is 23.9. The van der Waals surface area contributed by atoms with E-state index >= 15 is 0 Å². The van der Waals surface area contributed by atoms with Crippen LogP contribution < -0.4 is 0 Å². The molecule has 0 rings (SSSR count). The molecule has 6 heteroatoms. The van der Waals surface area contributed by atoms with Crippen molar-refractivity contribution < 1.29 is 19.8 Å². The van der Waals surface area contributed by atoms with E-state index in [2.05, 4.69) is 48.5 Å². The predicted molar refractivity (Wildman–Crippen MR) is 191 cm³/mol. The Labute approximate surface area is 278 Å². The van der Waals surface area contributed by atoms with Crippen LogP contribution in [0.25, 0.3) is 0 Å². The molecule has 0 aliphatic rings. The average Bonchev–Trinajstić information content (AvgIpc) is 2.98. The van der Waals surface area contributed by atoms with Crippen molar-refractivity contribution in [1.82, 2.24) is 0 Å². The number of hydrogen-bond donors (Lipinski definition) is 2. The SMILES string of the molecule is CCCCCCCCC(CC(=O)O)C(=O)O.CCC[CH2][Sn]([CH2]CCC)[CH2]CCC.CCC[CH2][Sn]([CH2]CCC)[CH2]CCC. The maximum absolute atomic E-state index is 10.7. The van der Waals surface area contributed by atoms with Crippen molar-refractivity contribution in [2.45, 2.75) is 204 Å². The first kappa shape index (κ1) is 46.9. The van der Waals surface area contributed by atoms with Gasteiger partial charge >= 0.3 is 197 Å². The van der Waals surface area contributed by atoms with Crippen molar-refractivity contribution in [3.63, 3.8) is 0 Å². The number of carboxylic acid groups (broad SMARTS) is 2. The van der Waals surface area contributed by atoms with E-state index in [-0.39, 0.29) is 6.42 Å². The Morgan fingerprint density at radius 1 is 0.452 bits per heavy atom. The van der Waals surface area contributed by atoms with Gasteiger partial charge in [0, 0.05) is 0 Å². The third kappa shape index (κ3) is 38.6. The molecule has 0 aromatic rings. The molecule has 0 aromatic heterocycles. The summed E-state index contributed by atoms with van der Waals surface area (Å²) in [5.74, 6) is -2.74. The van der Waals surface area contributed by atoms with Crippen LogP contribution >= 0.6 is 0 Å². The van der Waals surface area contributed by atoms with E-state index in [1.165, 1.54) is 96.3 Å². The van der Waals surface area contributed by atoms with Crippen molar-refractivity contribution in [2.24, 2.45) is 5.92 Å². The molecule has 0 saturated heterocycles. The van der Waals surface area contributed by atoms with E-state index in [0.29, 0.717) is 6.42 Å². The summed E-state index contributed by atoms with van der Waals surface area (Å²) in [6.07, 6.45) is 24.4. The first-order valence-electron chi connectivity index (χ1n) is 18.4. The van der Waals surface area contributed by atoms with Crippen molar-refractivity contribution in [1.29, 1.82) is 0 Å². The Morgan fingerprint density at radius 3 is 1.00 bits per heavy atom. The van der Waals surface area contributed by atoms with E-state index in [4.69, 9.17) is 10.2 Å². The predicted octanol–water partition coefficient (Wildman–Crippen LogP) is 12.7. The minimum atomic E-state index is -1.03. The van der Waals surface area contributed by atoms with Crippen LogP contribution in [0.5, 0.6) is 0 Å². The molecule has 42 heavy (non-hydrogen) atoms. The van der Waals surface area contributed by atoms with Crippen LogP contribution in [-0.2, 0) is 9.59 Å². The van der Waals surface area contributed by atoms with Crippen LogP contribution in [0.1, 0.15) is 177 Å². The summed E-state index contributed by atoms with van der Waals surface area (Å²) < 4.78 is 10.1. The van der Waals surface area contributed by atoms with E-state index in [0.717, 1.165) is 19.3 Å². The quantitative estimate of drug-likeness (QED) is 0.0610. The Bertz CT molecular complexity index is 482. The van der Waals surface area contributed by atoms with Crippen molar-refractivity contribution in [3.8, 4) is 0 Å². The Morgan fingerprint density at radius 2 is 0.738 bits per heavy atom. The molecule has 0 aliphatic heterocycles. The molecule has 0 aromatic carbocycles. The van der Waals surface area contributed by atoms with Gasteiger partial charge in [-0.3, -0.25) is 9.59 Å². The Hall–Kier alpha value is 0.537. The number of unbranched alkanes of at least 4 members (excludes halogenated alkanes) is 11. The molecule has 2 N–H and O–H groups in total. The number of hydrogen-bond acceptors (Lipinski definition) is 2. The first-order valence-corrected chi connectivity index (χ1v) is 30.5. The molecule has 1 atom stereocenters. The monoisotopic (exact) mass is 812 g/mol. The van der Waals surface area contributed by atoms with Crippen LogP contribution in [0.3, 0.4) is 0 Å². The summed E-state index contributed by atoms with van der Waals surface area (Å²) in [7, 11) is 0. The van der Waals surface area contributed by atoms with Crippen molar-refractivity contribution in [2.75, 3.05) is 0 Å². The number of carboxylic acids is 2. The zero-order valence-electron chi connectivity index (χ0n) is 29.7. The van der Waals surface area contributed by atoms with E-state index in [9.17, 15) is 9.59 Å². The van der Waals surface area contributed by atoms with E-state index < -0.39 is 57.4 Å². The molecule has 0 saturated carbocycles. The van der Waals surface area contributed by atoms with Crippen molar-refractivity contribution >= 4 is 51.5 Å². The van der Waals surface area contributed by atoms with Gasteiger partial charge in [0.25, 0.3) is 0 Å². The maximum atomic E-state index is 10.7. The second kappa shape index (κ2) is 39.6. The van der Waals surface area contributed by atoms with Gasteiger partial charge in [-0.05, 0) is 6.42 Å². The second-order valence-corrected chi connectivity index (χ2v) is 29.4. The van der Waals surface area contributed by atoms with Gasteiger partial charge in [-0.1, -0.05) is 45.4 Å². The number of carbonyl (C=O) groups is 2. The molecular formula is C36H76O4Sn2. The van der Waals surface area contributed by atoms with Gasteiger partial charge in [0.05, 0.1) is 12.3 Å². The molecule has 252 valence electrons. The van der Waals surface area contributed by atoms with Gasteiger partial charge in [0.2, 0.25) is 0 Å². The van der Waals surface area contributed by atoms with E-state index in [1.807, 2.05) is 0 Å². The van der Waals surface area contributed by atoms with Gasteiger partial charge in [-0.25, -0.2) is 0 Å². The van der Waals surface area contributed by atoms with Gasteiger partial charge in [-0.15, -0.1) is 0 Å². The fourth-order valence-electron chi connectivity index (χ4n) is 5.01. The molecule has 0 bridgehead atoms. The molecule has 0 fully saturated rings. The summed E-state index contributed by atoms with van der Waals surface area (Å²) in [4.78, 5) is 21.2. The molecule has 0 spiro atoms. The molecule has 2 radical (unpaired) electrons. The summed E-state index contributed by atoms with van der Waals surface area (Å²) in [5, 5.41) is 17.3. The number of rotatable bonds is 28. The molecule has 0 aliphatic carbocycles. The van der Waals surface area contributed by atoms with Crippen LogP contribution in [0.15, 0.2) is 0 Å². The second-order valence-electron chi connectivity index (χ2n) is 12.3. The molecule has 0 amide bonds. The fraction of sp³-hybridized carbons (Fsp3) is 0.944. The van der Waals surface area contributed by atoms with Crippen LogP contribution in [-0.4, -0.2) is 61.7 Å². The zero-order chi connectivity index (χ0) is 32.3.